The van der Waals surface area contributed by atoms with Crippen LogP contribution in [0, 0.1) is 0 Å². The van der Waals surface area contributed by atoms with Gasteiger partial charge in [-0.15, -0.1) is 11.3 Å². The number of thiazole rings is 1. The summed E-state index contributed by atoms with van der Waals surface area (Å²) in [5.74, 6) is -1.26. The van der Waals surface area contributed by atoms with E-state index in [9.17, 15) is 9.59 Å². The molecule has 0 saturated carbocycles. The molecule has 2 aromatic heterocycles. The van der Waals surface area contributed by atoms with Gasteiger partial charge in [0.1, 0.15) is 11.7 Å². The van der Waals surface area contributed by atoms with Gasteiger partial charge in [-0.25, -0.2) is 9.78 Å². The Labute approximate surface area is 117 Å². The van der Waals surface area contributed by atoms with Gasteiger partial charge in [-0.05, 0) is 12.1 Å². The van der Waals surface area contributed by atoms with Gasteiger partial charge in [-0.2, -0.15) is 0 Å². The third-order valence-electron chi connectivity index (χ3n) is 2.49. The minimum Gasteiger partial charge on any atom is -0.480 e. The molecule has 0 spiro atoms. The lowest BCUT2D eigenvalue weighted by molar-refractivity contribution is -0.139. The number of carboxylic acids is 1. The Morgan fingerprint density at radius 2 is 2.30 bits per heavy atom. The number of carbonyl (C=O) groups is 2. The number of hydrogen-bond donors (Lipinski definition) is 3. The lowest BCUT2D eigenvalue weighted by Gasteiger charge is -2.11. The van der Waals surface area contributed by atoms with Gasteiger partial charge in [0, 0.05) is 18.4 Å². The maximum atomic E-state index is 11.9. The molecule has 0 aliphatic carbocycles. The van der Waals surface area contributed by atoms with Gasteiger partial charge in [-0.1, -0.05) is 0 Å². The fourth-order valence-electron chi connectivity index (χ4n) is 1.51. The normalized spacial score (nSPS) is 12.1. The Kier molecular flexibility index (Phi) is 4.49. The first kappa shape index (κ1) is 14.2. The summed E-state index contributed by atoms with van der Waals surface area (Å²) in [5.41, 5.74) is 0.116. The fraction of sp³-hybridized carbons (Fsp3) is 0.250. The number of aliphatic hydroxyl groups is 1. The molecule has 20 heavy (non-hydrogen) atoms. The second-order valence-electron chi connectivity index (χ2n) is 3.89. The molecule has 0 unspecified atom stereocenters. The summed E-state index contributed by atoms with van der Waals surface area (Å²) in [6.07, 6.45) is 1.44. The Morgan fingerprint density at radius 1 is 1.50 bits per heavy atom. The summed E-state index contributed by atoms with van der Waals surface area (Å²) < 4.78 is 5.16. The number of nitrogens with one attached hydrogen (secondary N) is 1. The van der Waals surface area contributed by atoms with E-state index in [1.54, 1.807) is 12.1 Å². The van der Waals surface area contributed by atoms with Crippen molar-refractivity contribution in [2.75, 3.05) is 6.61 Å². The number of aromatic nitrogens is 1. The van der Waals surface area contributed by atoms with Gasteiger partial charge in [0.15, 0.2) is 10.8 Å². The smallest absolute Gasteiger partial charge is 0.326 e. The van der Waals surface area contributed by atoms with Crippen LogP contribution in [-0.4, -0.2) is 39.7 Å². The summed E-state index contributed by atoms with van der Waals surface area (Å²) in [6, 6.07) is 2.28. The summed E-state index contributed by atoms with van der Waals surface area (Å²) in [6.45, 7) is -0.327. The van der Waals surface area contributed by atoms with Gasteiger partial charge in [0.25, 0.3) is 5.91 Å². The van der Waals surface area contributed by atoms with Gasteiger partial charge in [0.05, 0.1) is 6.26 Å². The van der Waals surface area contributed by atoms with Crippen molar-refractivity contribution in [2.24, 2.45) is 0 Å². The van der Waals surface area contributed by atoms with Crippen molar-refractivity contribution in [1.29, 1.82) is 0 Å². The number of nitrogens with zero attached hydrogens (tertiary/aromatic N) is 1. The van der Waals surface area contributed by atoms with Gasteiger partial charge in [0.2, 0.25) is 0 Å². The van der Waals surface area contributed by atoms with Crippen LogP contribution in [-0.2, 0) is 4.79 Å². The van der Waals surface area contributed by atoms with Gasteiger partial charge >= 0.3 is 5.97 Å². The third kappa shape index (κ3) is 3.22. The quantitative estimate of drug-likeness (QED) is 0.732. The molecule has 106 valence electrons. The predicted molar refractivity (Wildman–Crippen MR) is 70.4 cm³/mol. The van der Waals surface area contributed by atoms with Crippen molar-refractivity contribution >= 4 is 23.2 Å². The average molecular weight is 296 g/mol. The Morgan fingerprint density at radius 3 is 2.90 bits per heavy atom. The number of hydrogen-bond acceptors (Lipinski definition) is 6. The molecule has 0 aliphatic heterocycles. The molecule has 0 aromatic carbocycles. The predicted octanol–water partition coefficient (Wildman–Crippen LogP) is 0.969. The second kappa shape index (κ2) is 6.31. The van der Waals surface area contributed by atoms with Crippen molar-refractivity contribution in [2.45, 2.75) is 12.5 Å². The van der Waals surface area contributed by atoms with Crippen molar-refractivity contribution in [3.8, 4) is 10.8 Å². The SMILES string of the molecule is O=C(N[C@H](CCO)C(=O)O)c1csc(-c2ccco2)n1. The standard InChI is InChI=1S/C12H12N2O5S/c15-4-3-7(12(17)18)13-10(16)8-6-20-11(14-8)9-2-1-5-19-9/h1-2,5-7,15H,3-4H2,(H,13,16)(H,17,18)/t7-/m1/s1. The molecule has 2 aromatic rings. The first-order valence-corrected chi connectivity index (χ1v) is 6.63. The van der Waals surface area contributed by atoms with Crippen LogP contribution in [0.5, 0.6) is 0 Å². The van der Waals surface area contributed by atoms with E-state index < -0.39 is 17.9 Å². The first-order valence-electron chi connectivity index (χ1n) is 5.75. The van der Waals surface area contributed by atoms with Gasteiger partial charge in [-0.3, -0.25) is 4.79 Å². The van der Waals surface area contributed by atoms with Crippen LogP contribution in [0.25, 0.3) is 10.8 Å². The number of furan rings is 1. The zero-order valence-electron chi connectivity index (χ0n) is 10.3. The van der Waals surface area contributed by atoms with E-state index in [2.05, 4.69) is 10.3 Å². The molecule has 2 heterocycles. The highest BCUT2D eigenvalue weighted by Crippen LogP contribution is 2.23. The topological polar surface area (TPSA) is 113 Å². The molecule has 7 nitrogen and oxygen atoms in total. The molecular formula is C12H12N2O5S. The molecular weight excluding hydrogens is 284 g/mol. The molecule has 0 radical (unpaired) electrons. The minimum absolute atomic E-state index is 0.0593. The molecule has 1 atom stereocenters. The zero-order chi connectivity index (χ0) is 14.5. The van der Waals surface area contributed by atoms with E-state index in [0.717, 1.165) is 0 Å². The van der Waals surface area contributed by atoms with Crippen molar-refractivity contribution < 1.29 is 24.2 Å². The maximum Gasteiger partial charge on any atom is 0.326 e. The number of carboxylic acid groups (broad SMARTS) is 1. The number of rotatable bonds is 6. The van der Waals surface area contributed by atoms with Crippen LogP contribution in [0.1, 0.15) is 16.9 Å². The van der Waals surface area contributed by atoms with E-state index in [4.69, 9.17) is 14.6 Å². The Bertz CT molecular complexity index is 593. The lowest BCUT2D eigenvalue weighted by atomic mass is 10.2. The Hall–Kier alpha value is -2.19. The number of amides is 1. The molecule has 3 N–H and O–H groups in total. The second-order valence-corrected chi connectivity index (χ2v) is 4.75. The summed E-state index contributed by atoms with van der Waals surface area (Å²) in [5, 5.41) is 22.0. The van der Waals surface area contributed by atoms with Crippen LogP contribution < -0.4 is 5.32 Å². The third-order valence-corrected chi connectivity index (χ3v) is 3.35. The van der Waals surface area contributed by atoms with Crippen molar-refractivity contribution in [1.82, 2.24) is 10.3 Å². The first-order chi connectivity index (χ1) is 9.61. The van der Waals surface area contributed by atoms with E-state index in [1.165, 1.54) is 23.0 Å². The summed E-state index contributed by atoms with van der Waals surface area (Å²) in [4.78, 5) is 26.8. The largest absolute Gasteiger partial charge is 0.480 e. The van der Waals surface area contributed by atoms with E-state index in [1.807, 2.05) is 0 Å². The monoisotopic (exact) mass is 296 g/mol. The van der Waals surface area contributed by atoms with E-state index in [-0.39, 0.29) is 18.7 Å². The van der Waals surface area contributed by atoms with Crippen LogP contribution in [0.3, 0.4) is 0 Å². The summed E-state index contributed by atoms with van der Waals surface area (Å²) >= 11 is 1.22. The minimum atomic E-state index is -1.20. The van der Waals surface area contributed by atoms with Gasteiger partial charge < -0.3 is 19.9 Å². The molecule has 0 saturated heterocycles. The fourth-order valence-corrected chi connectivity index (χ4v) is 2.28. The molecule has 2 rings (SSSR count). The highest BCUT2D eigenvalue weighted by molar-refractivity contribution is 7.13. The van der Waals surface area contributed by atoms with Crippen LogP contribution in [0.15, 0.2) is 28.2 Å². The van der Waals surface area contributed by atoms with Crippen molar-refractivity contribution in [3.05, 3.63) is 29.5 Å². The number of aliphatic hydroxyl groups excluding tert-OH is 1. The molecule has 0 aliphatic rings. The number of carbonyl (C=O) groups excluding carboxylic acids is 1. The average Bonchev–Trinajstić information content (AvgIpc) is 3.08. The van der Waals surface area contributed by atoms with Crippen LogP contribution in [0.4, 0.5) is 0 Å². The zero-order valence-corrected chi connectivity index (χ0v) is 11.1. The molecule has 1 amide bonds. The molecule has 8 heteroatoms. The highest BCUT2D eigenvalue weighted by atomic mass is 32.1. The number of aliphatic carboxylic acids is 1. The highest BCUT2D eigenvalue weighted by Gasteiger charge is 2.21. The van der Waals surface area contributed by atoms with Crippen LogP contribution in [0.2, 0.25) is 0 Å². The van der Waals surface area contributed by atoms with E-state index >= 15 is 0 Å². The van der Waals surface area contributed by atoms with E-state index in [0.29, 0.717) is 10.8 Å². The lowest BCUT2D eigenvalue weighted by Crippen LogP contribution is -2.41. The van der Waals surface area contributed by atoms with Crippen LogP contribution >= 0.6 is 11.3 Å². The Balaban J connectivity index is 2.08. The molecule has 0 bridgehead atoms. The van der Waals surface area contributed by atoms with Crippen molar-refractivity contribution in [3.63, 3.8) is 0 Å². The molecule has 0 fully saturated rings. The summed E-state index contributed by atoms with van der Waals surface area (Å²) in [7, 11) is 0. The maximum absolute atomic E-state index is 11.9.